The normalized spacial score (nSPS) is 10.3. The Morgan fingerprint density at radius 2 is 1.83 bits per heavy atom. The number of aromatic nitrogens is 3. The number of nitrogens with zero attached hydrogens (tertiary/aromatic N) is 4. The Morgan fingerprint density at radius 3 is 2.61 bits per heavy atom. The average Bonchev–Trinajstić information content (AvgIpc) is 2.62. The molecule has 0 spiro atoms. The second-order valence-electron chi connectivity index (χ2n) is 5.32. The molecule has 0 aliphatic heterocycles. The number of hydrogen-bond donors (Lipinski definition) is 1. The second kappa shape index (κ2) is 7.35. The van der Waals surface area contributed by atoms with Crippen LogP contribution in [0, 0.1) is 0 Å². The molecule has 0 atom stereocenters. The average molecular weight is 305 g/mol. The zero-order chi connectivity index (χ0) is 15.9. The maximum Gasteiger partial charge on any atom is 0.134 e. The molecule has 0 unspecified atom stereocenters. The van der Waals surface area contributed by atoms with Crippen LogP contribution < -0.4 is 10.2 Å². The van der Waals surface area contributed by atoms with Crippen molar-refractivity contribution in [1.29, 1.82) is 0 Å². The lowest BCUT2D eigenvalue weighted by molar-refractivity contribution is 0.890. The van der Waals surface area contributed by atoms with Crippen molar-refractivity contribution in [1.82, 2.24) is 15.0 Å². The van der Waals surface area contributed by atoms with Gasteiger partial charge in [0, 0.05) is 38.6 Å². The molecule has 5 nitrogen and oxygen atoms in total. The predicted molar refractivity (Wildman–Crippen MR) is 92.1 cm³/mol. The lowest BCUT2D eigenvalue weighted by atomic mass is 10.2. The number of pyridine rings is 1. The molecular weight excluding hydrogens is 286 g/mol. The molecule has 0 radical (unpaired) electrons. The molecular formula is C18H19N5. The molecule has 2 heterocycles. The zero-order valence-electron chi connectivity index (χ0n) is 13.1. The fraction of sp³-hybridized carbons (Fsp3) is 0.167. The van der Waals surface area contributed by atoms with Crippen LogP contribution >= 0.6 is 0 Å². The molecule has 1 N–H and O–H groups in total. The molecule has 0 amide bonds. The first-order valence-corrected chi connectivity index (χ1v) is 7.51. The van der Waals surface area contributed by atoms with E-state index in [9.17, 15) is 0 Å². The highest BCUT2D eigenvalue weighted by molar-refractivity contribution is 5.48. The van der Waals surface area contributed by atoms with Crippen LogP contribution in [-0.2, 0) is 13.1 Å². The van der Waals surface area contributed by atoms with Crippen LogP contribution in [0.2, 0.25) is 0 Å². The molecule has 23 heavy (non-hydrogen) atoms. The molecule has 0 saturated carbocycles. The summed E-state index contributed by atoms with van der Waals surface area (Å²) in [5.74, 6) is 1.69. The van der Waals surface area contributed by atoms with Gasteiger partial charge in [0.1, 0.15) is 18.0 Å². The van der Waals surface area contributed by atoms with E-state index in [-0.39, 0.29) is 0 Å². The van der Waals surface area contributed by atoms with Gasteiger partial charge in [-0.1, -0.05) is 36.4 Å². The van der Waals surface area contributed by atoms with E-state index in [0.29, 0.717) is 6.54 Å². The first-order chi connectivity index (χ1) is 11.3. The zero-order valence-corrected chi connectivity index (χ0v) is 13.1. The molecule has 0 bridgehead atoms. The summed E-state index contributed by atoms with van der Waals surface area (Å²) >= 11 is 0. The van der Waals surface area contributed by atoms with Crippen molar-refractivity contribution in [2.24, 2.45) is 0 Å². The van der Waals surface area contributed by atoms with Gasteiger partial charge in [0.2, 0.25) is 0 Å². The van der Waals surface area contributed by atoms with E-state index in [0.717, 1.165) is 23.7 Å². The van der Waals surface area contributed by atoms with Gasteiger partial charge in [0.25, 0.3) is 0 Å². The van der Waals surface area contributed by atoms with Crippen LogP contribution in [0.5, 0.6) is 0 Å². The summed E-state index contributed by atoms with van der Waals surface area (Å²) < 4.78 is 0. The maximum absolute atomic E-state index is 4.35. The summed E-state index contributed by atoms with van der Waals surface area (Å²) in [6, 6.07) is 16.3. The summed E-state index contributed by atoms with van der Waals surface area (Å²) in [6.07, 6.45) is 5.20. The van der Waals surface area contributed by atoms with E-state index in [1.165, 1.54) is 5.56 Å². The first kappa shape index (κ1) is 15.0. The van der Waals surface area contributed by atoms with Crippen LogP contribution in [0.25, 0.3) is 0 Å². The minimum atomic E-state index is 0.687. The highest BCUT2D eigenvalue weighted by Crippen LogP contribution is 2.15. The summed E-state index contributed by atoms with van der Waals surface area (Å²) in [5.41, 5.74) is 2.36. The van der Waals surface area contributed by atoms with E-state index in [1.807, 2.05) is 49.6 Å². The van der Waals surface area contributed by atoms with Gasteiger partial charge < -0.3 is 10.2 Å². The van der Waals surface area contributed by atoms with E-state index in [2.05, 4.69) is 37.3 Å². The summed E-state index contributed by atoms with van der Waals surface area (Å²) in [5, 5.41) is 3.30. The highest BCUT2D eigenvalue weighted by Gasteiger charge is 2.05. The molecule has 0 fully saturated rings. The Morgan fingerprint density at radius 1 is 1.00 bits per heavy atom. The highest BCUT2D eigenvalue weighted by atomic mass is 15.2. The monoisotopic (exact) mass is 305 g/mol. The van der Waals surface area contributed by atoms with Gasteiger partial charge in [0.15, 0.2) is 0 Å². The van der Waals surface area contributed by atoms with Gasteiger partial charge in [-0.05, 0) is 17.2 Å². The largest absolute Gasteiger partial charge is 0.366 e. The summed E-state index contributed by atoms with van der Waals surface area (Å²) in [6.45, 7) is 1.49. The van der Waals surface area contributed by atoms with Crippen molar-refractivity contribution >= 4 is 11.6 Å². The van der Waals surface area contributed by atoms with Gasteiger partial charge in [-0.15, -0.1) is 0 Å². The van der Waals surface area contributed by atoms with Crippen LogP contribution in [-0.4, -0.2) is 22.0 Å². The van der Waals surface area contributed by atoms with Gasteiger partial charge in [-0.2, -0.15) is 0 Å². The van der Waals surface area contributed by atoms with Crippen molar-refractivity contribution in [3.8, 4) is 0 Å². The maximum atomic E-state index is 4.35. The minimum Gasteiger partial charge on any atom is -0.366 e. The predicted octanol–water partition coefficient (Wildman–Crippen LogP) is 3.12. The third kappa shape index (κ3) is 4.26. The molecule has 116 valence electrons. The lowest BCUT2D eigenvalue weighted by Crippen LogP contribution is -2.18. The van der Waals surface area contributed by atoms with Crippen molar-refractivity contribution in [3.63, 3.8) is 0 Å². The van der Waals surface area contributed by atoms with E-state index in [1.54, 1.807) is 12.5 Å². The number of benzene rings is 1. The molecule has 0 aliphatic carbocycles. The fourth-order valence-corrected chi connectivity index (χ4v) is 2.29. The Bertz CT molecular complexity index is 731. The summed E-state index contributed by atoms with van der Waals surface area (Å²) in [4.78, 5) is 14.8. The van der Waals surface area contributed by atoms with Crippen LogP contribution in [0.3, 0.4) is 0 Å². The van der Waals surface area contributed by atoms with Gasteiger partial charge >= 0.3 is 0 Å². The Balaban J connectivity index is 1.64. The van der Waals surface area contributed by atoms with Crippen molar-refractivity contribution < 1.29 is 0 Å². The molecule has 3 rings (SSSR count). The fourth-order valence-electron chi connectivity index (χ4n) is 2.29. The minimum absolute atomic E-state index is 0.687. The second-order valence-corrected chi connectivity index (χ2v) is 5.32. The number of nitrogens with one attached hydrogen (secondary N) is 1. The molecule has 0 saturated heterocycles. The van der Waals surface area contributed by atoms with Gasteiger partial charge in [0.05, 0.1) is 0 Å². The third-order valence-corrected chi connectivity index (χ3v) is 3.50. The Labute approximate surface area is 136 Å². The summed E-state index contributed by atoms with van der Waals surface area (Å²) in [7, 11) is 2.03. The van der Waals surface area contributed by atoms with E-state index in [4.69, 9.17) is 0 Å². The Kier molecular flexibility index (Phi) is 4.79. The topological polar surface area (TPSA) is 53.9 Å². The smallest absolute Gasteiger partial charge is 0.134 e. The van der Waals surface area contributed by atoms with Crippen LogP contribution in [0.4, 0.5) is 11.6 Å². The van der Waals surface area contributed by atoms with Crippen molar-refractivity contribution in [2.75, 3.05) is 17.3 Å². The quantitative estimate of drug-likeness (QED) is 0.758. The molecule has 1 aromatic carbocycles. The standard InChI is InChI=1S/C18H19N5/c1-23(13-15-6-3-2-4-7-15)18-10-17(21-14-22-18)20-12-16-8-5-9-19-11-16/h2-11,14H,12-13H2,1H3,(H,20,21,22). The SMILES string of the molecule is CN(Cc1ccccc1)c1cc(NCc2cccnc2)ncn1. The molecule has 0 aliphatic rings. The molecule has 3 aromatic rings. The molecule has 5 heteroatoms. The van der Waals surface area contributed by atoms with Crippen LogP contribution in [0.15, 0.2) is 67.3 Å². The van der Waals surface area contributed by atoms with Crippen LogP contribution in [0.1, 0.15) is 11.1 Å². The van der Waals surface area contributed by atoms with E-state index >= 15 is 0 Å². The van der Waals surface area contributed by atoms with Gasteiger partial charge in [-0.3, -0.25) is 4.98 Å². The lowest BCUT2D eigenvalue weighted by Gasteiger charge is -2.18. The van der Waals surface area contributed by atoms with Gasteiger partial charge in [-0.25, -0.2) is 9.97 Å². The van der Waals surface area contributed by atoms with Crippen molar-refractivity contribution in [3.05, 3.63) is 78.4 Å². The first-order valence-electron chi connectivity index (χ1n) is 7.51. The number of rotatable bonds is 6. The Hall–Kier alpha value is -2.95. The third-order valence-electron chi connectivity index (χ3n) is 3.50. The number of anilines is 2. The van der Waals surface area contributed by atoms with E-state index < -0.39 is 0 Å². The number of hydrogen-bond acceptors (Lipinski definition) is 5. The van der Waals surface area contributed by atoms with Crippen molar-refractivity contribution in [2.45, 2.75) is 13.1 Å². The molecule has 2 aromatic heterocycles.